The van der Waals surface area contributed by atoms with E-state index in [0.29, 0.717) is 11.5 Å². The highest BCUT2D eigenvalue weighted by Crippen LogP contribution is 2.19. The quantitative estimate of drug-likeness (QED) is 0.778. The van der Waals surface area contributed by atoms with Crippen molar-refractivity contribution in [2.75, 3.05) is 12.9 Å². The van der Waals surface area contributed by atoms with E-state index >= 15 is 0 Å². The lowest BCUT2D eigenvalue weighted by Gasteiger charge is -2.09. The number of hydrogen-bond acceptors (Lipinski definition) is 4. The maximum atomic E-state index is 11.3. The van der Waals surface area contributed by atoms with Gasteiger partial charge in [-0.3, -0.25) is 9.59 Å². The minimum absolute atomic E-state index is 0.252. The van der Waals surface area contributed by atoms with Crippen molar-refractivity contribution in [3.63, 3.8) is 0 Å². The zero-order valence-corrected chi connectivity index (χ0v) is 11.9. The number of esters is 1. The van der Waals surface area contributed by atoms with Crippen molar-refractivity contribution in [1.82, 2.24) is 0 Å². The molecule has 0 saturated heterocycles. The van der Waals surface area contributed by atoms with Gasteiger partial charge >= 0.3 is 11.9 Å². The fraction of sp³-hybridized carbons (Fsp3) is 0.429. The SMILES string of the molecule is COC(=O)Cc1ccccc1CSCC(C)C(=O)O. The van der Waals surface area contributed by atoms with Gasteiger partial charge in [0, 0.05) is 11.5 Å². The number of carbonyl (C=O) groups is 2. The molecule has 0 saturated carbocycles. The lowest BCUT2D eigenvalue weighted by Crippen LogP contribution is -2.12. The van der Waals surface area contributed by atoms with Gasteiger partial charge in [0.2, 0.25) is 0 Å². The third-order valence-corrected chi connectivity index (χ3v) is 3.98. The summed E-state index contributed by atoms with van der Waals surface area (Å²) in [6.07, 6.45) is 0.252. The van der Waals surface area contributed by atoms with Crippen LogP contribution >= 0.6 is 11.8 Å². The predicted octanol–water partition coefficient (Wildman–Crippen LogP) is 2.36. The van der Waals surface area contributed by atoms with E-state index in [4.69, 9.17) is 5.11 Å². The second-order valence-corrected chi connectivity index (χ2v) is 5.31. The van der Waals surface area contributed by atoms with Crippen LogP contribution in [0.15, 0.2) is 24.3 Å². The summed E-state index contributed by atoms with van der Waals surface area (Å²) in [5.74, 6) is -0.156. The molecule has 1 aromatic rings. The molecular weight excluding hydrogens is 264 g/mol. The largest absolute Gasteiger partial charge is 0.481 e. The molecule has 0 fully saturated rings. The Morgan fingerprint density at radius 3 is 2.53 bits per heavy atom. The fourth-order valence-corrected chi connectivity index (χ4v) is 2.63. The number of benzene rings is 1. The number of carbonyl (C=O) groups excluding carboxylic acids is 1. The molecule has 1 atom stereocenters. The third kappa shape index (κ3) is 5.34. The van der Waals surface area contributed by atoms with E-state index in [9.17, 15) is 9.59 Å². The molecule has 1 rings (SSSR count). The van der Waals surface area contributed by atoms with E-state index in [-0.39, 0.29) is 18.3 Å². The van der Waals surface area contributed by atoms with Crippen LogP contribution in [0, 0.1) is 5.92 Å². The van der Waals surface area contributed by atoms with Crippen molar-refractivity contribution in [2.24, 2.45) is 5.92 Å². The van der Waals surface area contributed by atoms with Crippen LogP contribution in [0.1, 0.15) is 18.1 Å². The second kappa shape index (κ2) is 7.84. The Bertz CT molecular complexity index is 445. The van der Waals surface area contributed by atoms with Gasteiger partial charge in [-0.1, -0.05) is 31.2 Å². The van der Waals surface area contributed by atoms with Gasteiger partial charge in [-0.25, -0.2) is 0 Å². The first kappa shape index (κ1) is 15.6. The summed E-state index contributed by atoms with van der Waals surface area (Å²) in [5, 5.41) is 8.81. The molecule has 0 spiro atoms. The van der Waals surface area contributed by atoms with E-state index in [1.54, 1.807) is 18.7 Å². The van der Waals surface area contributed by atoms with Crippen LogP contribution in [0.3, 0.4) is 0 Å². The predicted molar refractivity (Wildman–Crippen MR) is 75.1 cm³/mol. The average Bonchev–Trinajstić information content (AvgIpc) is 2.40. The standard InChI is InChI=1S/C14H18O4S/c1-10(14(16)17)8-19-9-12-6-4-3-5-11(12)7-13(15)18-2/h3-6,10H,7-9H2,1-2H3,(H,16,17). The van der Waals surface area contributed by atoms with Gasteiger partial charge in [-0.05, 0) is 11.1 Å². The van der Waals surface area contributed by atoms with E-state index < -0.39 is 5.97 Å². The van der Waals surface area contributed by atoms with Crippen LogP contribution in [0.2, 0.25) is 0 Å². The molecule has 0 aliphatic rings. The van der Waals surface area contributed by atoms with Gasteiger partial charge in [0.25, 0.3) is 0 Å². The Hall–Kier alpha value is -1.49. The highest BCUT2D eigenvalue weighted by Gasteiger charge is 2.12. The number of thioether (sulfide) groups is 1. The number of methoxy groups -OCH3 is 1. The van der Waals surface area contributed by atoms with Crippen LogP contribution in [0.5, 0.6) is 0 Å². The summed E-state index contributed by atoms with van der Waals surface area (Å²) in [4.78, 5) is 22.0. The average molecular weight is 282 g/mol. The molecule has 0 aliphatic heterocycles. The highest BCUT2D eigenvalue weighted by atomic mass is 32.2. The smallest absolute Gasteiger partial charge is 0.309 e. The second-order valence-electron chi connectivity index (χ2n) is 4.28. The number of aliphatic carboxylic acids is 1. The van der Waals surface area contributed by atoms with Crippen molar-refractivity contribution in [1.29, 1.82) is 0 Å². The Labute approximate surface area is 117 Å². The summed E-state index contributed by atoms with van der Waals surface area (Å²) in [7, 11) is 1.37. The number of carboxylic acid groups (broad SMARTS) is 1. The zero-order chi connectivity index (χ0) is 14.3. The molecule has 19 heavy (non-hydrogen) atoms. The van der Waals surface area contributed by atoms with Gasteiger partial charge in [-0.15, -0.1) is 0 Å². The first-order valence-corrected chi connectivity index (χ1v) is 7.14. The molecule has 104 valence electrons. The Balaban J connectivity index is 2.58. The van der Waals surface area contributed by atoms with Crippen molar-refractivity contribution in [3.8, 4) is 0 Å². The molecule has 0 aliphatic carbocycles. The van der Waals surface area contributed by atoms with Crippen molar-refractivity contribution >= 4 is 23.7 Å². The maximum Gasteiger partial charge on any atom is 0.309 e. The van der Waals surface area contributed by atoms with Crippen LogP contribution in [-0.2, 0) is 26.5 Å². The monoisotopic (exact) mass is 282 g/mol. The van der Waals surface area contributed by atoms with E-state index in [0.717, 1.165) is 11.1 Å². The number of carboxylic acids is 1. The Morgan fingerprint density at radius 1 is 1.32 bits per heavy atom. The van der Waals surface area contributed by atoms with Crippen molar-refractivity contribution in [2.45, 2.75) is 19.1 Å². The topological polar surface area (TPSA) is 63.6 Å². The minimum Gasteiger partial charge on any atom is -0.481 e. The van der Waals surface area contributed by atoms with Gasteiger partial charge < -0.3 is 9.84 Å². The van der Waals surface area contributed by atoms with Gasteiger partial charge in [0.1, 0.15) is 0 Å². The first-order valence-electron chi connectivity index (χ1n) is 5.98. The normalized spacial score (nSPS) is 11.9. The summed E-state index contributed by atoms with van der Waals surface area (Å²) < 4.78 is 4.66. The van der Waals surface area contributed by atoms with E-state index in [1.807, 2.05) is 24.3 Å². The van der Waals surface area contributed by atoms with Gasteiger partial charge in [0.05, 0.1) is 19.4 Å². The van der Waals surface area contributed by atoms with E-state index in [1.165, 1.54) is 7.11 Å². The number of rotatable bonds is 7. The van der Waals surface area contributed by atoms with Gasteiger partial charge in [0.15, 0.2) is 0 Å². The fourth-order valence-electron chi connectivity index (χ4n) is 1.52. The van der Waals surface area contributed by atoms with Crippen LogP contribution in [-0.4, -0.2) is 29.9 Å². The summed E-state index contributed by atoms with van der Waals surface area (Å²) in [6.45, 7) is 1.69. The van der Waals surface area contributed by atoms with Crippen molar-refractivity contribution in [3.05, 3.63) is 35.4 Å². The molecule has 0 aromatic heterocycles. The summed E-state index contributed by atoms with van der Waals surface area (Å²) in [5.41, 5.74) is 1.99. The van der Waals surface area contributed by atoms with Gasteiger partial charge in [-0.2, -0.15) is 11.8 Å². The summed E-state index contributed by atoms with van der Waals surface area (Å²) >= 11 is 1.56. The Kier molecular flexibility index (Phi) is 6.42. The molecule has 0 radical (unpaired) electrons. The molecule has 5 heteroatoms. The zero-order valence-electron chi connectivity index (χ0n) is 11.1. The number of ether oxygens (including phenoxy) is 1. The molecule has 4 nitrogen and oxygen atoms in total. The van der Waals surface area contributed by atoms with Crippen molar-refractivity contribution < 1.29 is 19.4 Å². The van der Waals surface area contributed by atoms with Crippen LogP contribution in [0.4, 0.5) is 0 Å². The molecule has 1 aromatic carbocycles. The third-order valence-electron chi connectivity index (χ3n) is 2.73. The lowest BCUT2D eigenvalue weighted by molar-refractivity contribution is -0.141. The molecule has 0 amide bonds. The lowest BCUT2D eigenvalue weighted by atomic mass is 10.1. The highest BCUT2D eigenvalue weighted by molar-refractivity contribution is 7.98. The van der Waals surface area contributed by atoms with Crippen LogP contribution < -0.4 is 0 Å². The van der Waals surface area contributed by atoms with Crippen LogP contribution in [0.25, 0.3) is 0 Å². The number of hydrogen-bond donors (Lipinski definition) is 1. The first-order chi connectivity index (χ1) is 9.04. The molecule has 1 unspecified atom stereocenters. The minimum atomic E-state index is -0.782. The van der Waals surface area contributed by atoms with E-state index in [2.05, 4.69) is 4.74 Å². The molecule has 0 bridgehead atoms. The molecule has 1 N–H and O–H groups in total. The maximum absolute atomic E-state index is 11.3. The molecular formula is C14H18O4S. The molecule has 0 heterocycles. The Morgan fingerprint density at radius 2 is 1.95 bits per heavy atom. The summed E-state index contributed by atoms with van der Waals surface area (Å²) in [6, 6.07) is 7.65.